The van der Waals surface area contributed by atoms with E-state index in [0.717, 1.165) is 0 Å². The monoisotopic (exact) mass is 393 g/mol. The number of halogens is 1. The molecule has 0 fully saturated rings. The quantitative estimate of drug-likeness (QED) is 0.564. The molecule has 0 aromatic heterocycles. The Kier molecular flexibility index (Phi) is 6.42. The predicted molar refractivity (Wildman–Crippen MR) is 111 cm³/mol. The maximum absolute atomic E-state index is 13.2. The lowest BCUT2D eigenvalue weighted by Gasteiger charge is -2.13. The van der Waals surface area contributed by atoms with Crippen molar-refractivity contribution < 1.29 is 18.7 Å². The van der Waals surface area contributed by atoms with Crippen molar-refractivity contribution in [2.75, 3.05) is 29.6 Å². The summed E-state index contributed by atoms with van der Waals surface area (Å²) < 4.78 is 18.3. The average Bonchev–Trinajstić information content (AvgIpc) is 2.73. The molecule has 3 aromatic carbocycles. The fourth-order valence-electron chi connectivity index (χ4n) is 2.65. The number of ether oxygens (including phenoxy) is 1. The zero-order valence-electron chi connectivity index (χ0n) is 15.7. The summed E-state index contributed by atoms with van der Waals surface area (Å²) in [6, 6.07) is 19.5. The van der Waals surface area contributed by atoms with Gasteiger partial charge in [-0.3, -0.25) is 9.59 Å². The lowest BCUT2D eigenvalue weighted by Crippen LogP contribution is -2.23. The number of anilines is 3. The molecule has 0 aliphatic heterocycles. The van der Waals surface area contributed by atoms with Crippen molar-refractivity contribution >= 4 is 28.9 Å². The molecule has 0 aliphatic rings. The SMILES string of the molecule is COc1ccc(NC(=O)c2ccccc2NCC(=O)Nc2cccc(F)c2)cc1. The second-order valence-corrected chi connectivity index (χ2v) is 6.14. The lowest BCUT2D eigenvalue weighted by atomic mass is 10.1. The van der Waals surface area contributed by atoms with Gasteiger partial charge in [-0.2, -0.15) is 0 Å². The van der Waals surface area contributed by atoms with E-state index in [1.807, 2.05) is 0 Å². The third-order valence-corrected chi connectivity index (χ3v) is 4.07. The van der Waals surface area contributed by atoms with Crippen LogP contribution in [0.4, 0.5) is 21.5 Å². The number of hydrogen-bond donors (Lipinski definition) is 3. The van der Waals surface area contributed by atoms with Crippen molar-refractivity contribution in [2.45, 2.75) is 0 Å². The highest BCUT2D eigenvalue weighted by Crippen LogP contribution is 2.19. The molecule has 148 valence electrons. The molecular weight excluding hydrogens is 373 g/mol. The number of para-hydroxylation sites is 1. The van der Waals surface area contributed by atoms with E-state index in [0.29, 0.717) is 28.4 Å². The molecule has 2 amide bonds. The van der Waals surface area contributed by atoms with Crippen LogP contribution in [0.1, 0.15) is 10.4 Å². The first-order valence-corrected chi connectivity index (χ1v) is 8.89. The van der Waals surface area contributed by atoms with Gasteiger partial charge < -0.3 is 20.7 Å². The maximum atomic E-state index is 13.2. The summed E-state index contributed by atoms with van der Waals surface area (Å²) >= 11 is 0. The van der Waals surface area contributed by atoms with E-state index in [1.165, 1.54) is 18.2 Å². The minimum absolute atomic E-state index is 0.0800. The molecule has 0 aliphatic carbocycles. The molecule has 0 bridgehead atoms. The van der Waals surface area contributed by atoms with Gasteiger partial charge in [-0.05, 0) is 54.6 Å². The molecule has 29 heavy (non-hydrogen) atoms. The average molecular weight is 393 g/mol. The summed E-state index contributed by atoms with van der Waals surface area (Å²) in [5.41, 5.74) is 1.88. The Hall–Kier alpha value is -3.87. The first kappa shape index (κ1) is 19.9. The molecule has 3 rings (SSSR count). The van der Waals surface area contributed by atoms with Crippen LogP contribution in [0.3, 0.4) is 0 Å². The van der Waals surface area contributed by atoms with Crippen molar-refractivity contribution in [3.05, 3.63) is 84.2 Å². The zero-order chi connectivity index (χ0) is 20.6. The standard InChI is InChI=1S/C22H20FN3O3/c1-29-18-11-9-16(10-12-18)26-22(28)19-7-2-3-8-20(19)24-14-21(27)25-17-6-4-5-15(23)13-17/h2-13,24H,14H2,1H3,(H,25,27)(H,26,28). The number of rotatable bonds is 7. The summed E-state index contributed by atoms with van der Waals surface area (Å²) in [6.07, 6.45) is 0. The van der Waals surface area contributed by atoms with Crippen molar-refractivity contribution in [1.82, 2.24) is 0 Å². The fourth-order valence-corrected chi connectivity index (χ4v) is 2.65. The Morgan fingerprint density at radius 3 is 2.38 bits per heavy atom. The topological polar surface area (TPSA) is 79.5 Å². The Morgan fingerprint density at radius 1 is 0.897 bits per heavy atom. The molecule has 0 radical (unpaired) electrons. The van der Waals surface area contributed by atoms with Gasteiger partial charge in [0.25, 0.3) is 5.91 Å². The number of carbonyl (C=O) groups excluding carboxylic acids is 2. The van der Waals surface area contributed by atoms with Crippen LogP contribution < -0.4 is 20.7 Å². The largest absolute Gasteiger partial charge is 0.497 e. The summed E-state index contributed by atoms with van der Waals surface area (Å²) in [5.74, 6) is -0.421. The molecule has 0 heterocycles. The number of amides is 2. The molecular formula is C22H20FN3O3. The van der Waals surface area contributed by atoms with Crippen LogP contribution in [-0.4, -0.2) is 25.5 Å². The van der Waals surface area contributed by atoms with Gasteiger partial charge in [-0.15, -0.1) is 0 Å². The molecule has 3 aromatic rings. The second kappa shape index (κ2) is 9.36. The van der Waals surface area contributed by atoms with Crippen LogP contribution in [0, 0.1) is 5.82 Å². The smallest absolute Gasteiger partial charge is 0.257 e. The highest BCUT2D eigenvalue weighted by molar-refractivity contribution is 6.08. The highest BCUT2D eigenvalue weighted by Gasteiger charge is 2.12. The van der Waals surface area contributed by atoms with E-state index in [-0.39, 0.29) is 18.4 Å². The number of carbonyl (C=O) groups is 2. The van der Waals surface area contributed by atoms with Crippen LogP contribution >= 0.6 is 0 Å². The van der Waals surface area contributed by atoms with Crippen LogP contribution in [0.5, 0.6) is 5.75 Å². The molecule has 0 atom stereocenters. The number of benzene rings is 3. The molecule has 0 saturated heterocycles. The molecule has 0 saturated carbocycles. The van der Waals surface area contributed by atoms with Crippen molar-refractivity contribution in [3.63, 3.8) is 0 Å². The van der Waals surface area contributed by atoms with E-state index >= 15 is 0 Å². The van der Waals surface area contributed by atoms with E-state index in [1.54, 1.807) is 61.7 Å². The van der Waals surface area contributed by atoms with Crippen molar-refractivity contribution in [2.24, 2.45) is 0 Å². The van der Waals surface area contributed by atoms with Gasteiger partial charge in [-0.25, -0.2) is 4.39 Å². The van der Waals surface area contributed by atoms with Gasteiger partial charge in [0.15, 0.2) is 0 Å². The van der Waals surface area contributed by atoms with Crippen LogP contribution in [0.25, 0.3) is 0 Å². The molecule has 0 unspecified atom stereocenters. The first-order valence-electron chi connectivity index (χ1n) is 8.89. The maximum Gasteiger partial charge on any atom is 0.257 e. The van der Waals surface area contributed by atoms with E-state index < -0.39 is 5.82 Å². The Labute approximate surface area is 167 Å². The molecule has 6 nitrogen and oxygen atoms in total. The van der Waals surface area contributed by atoms with Gasteiger partial charge in [0.05, 0.1) is 19.2 Å². The van der Waals surface area contributed by atoms with Crippen molar-refractivity contribution in [1.29, 1.82) is 0 Å². The summed E-state index contributed by atoms with van der Waals surface area (Å²) in [4.78, 5) is 24.8. The summed E-state index contributed by atoms with van der Waals surface area (Å²) in [5, 5.41) is 8.35. The second-order valence-electron chi connectivity index (χ2n) is 6.14. The third kappa shape index (κ3) is 5.55. The fraction of sp³-hybridized carbons (Fsp3) is 0.0909. The van der Waals surface area contributed by atoms with E-state index in [4.69, 9.17) is 4.74 Å². The van der Waals surface area contributed by atoms with Crippen LogP contribution in [0.2, 0.25) is 0 Å². The van der Waals surface area contributed by atoms with Gasteiger partial charge in [0.2, 0.25) is 5.91 Å². The number of nitrogens with one attached hydrogen (secondary N) is 3. The number of methoxy groups -OCH3 is 1. The van der Waals surface area contributed by atoms with E-state index in [2.05, 4.69) is 16.0 Å². The highest BCUT2D eigenvalue weighted by atomic mass is 19.1. The predicted octanol–water partition coefficient (Wildman–Crippen LogP) is 4.14. The minimum atomic E-state index is -0.434. The van der Waals surface area contributed by atoms with E-state index in [9.17, 15) is 14.0 Å². The molecule has 3 N–H and O–H groups in total. The Balaban J connectivity index is 1.63. The van der Waals surface area contributed by atoms with Gasteiger partial charge in [0.1, 0.15) is 11.6 Å². The molecule has 7 heteroatoms. The normalized spacial score (nSPS) is 10.1. The van der Waals surface area contributed by atoms with Gasteiger partial charge in [0, 0.05) is 17.1 Å². The van der Waals surface area contributed by atoms with Crippen LogP contribution in [0.15, 0.2) is 72.8 Å². The Morgan fingerprint density at radius 2 is 1.66 bits per heavy atom. The first-order chi connectivity index (χ1) is 14.0. The Bertz CT molecular complexity index is 1010. The third-order valence-electron chi connectivity index (χ3n) is 4.07. The van der Waals surface area contributed by atoms with Gasteiger partial charge >= 0.3 is 0 Å². The summed E-state index contributed by atoms with van der Waals surface area (Å²) in [7, 11) is 1.57. The van der Waals surface area contributed by atoms with Gasteiger partial charge in [-0.1, -0.05) is 18.2 Å². The molecule has 0 spiro atoms. The van der Waals surface area contributed by atoms with Crippen LogP contribution in [-0.2, 0) is 4.79 Å². The number of hydrogen-bond acceptors (Lipinski definition) is 4. The summed E-state index contributed by atoms with van der Waals surface area (Å²) in [6.45, 7) is -0.0800. The van der Waals surface area contributed by atoms with Crippen molar-refractivity contribution in [3.8, 4) is 5.75 Å². The minimum Gasteiger partial charge on any atom is -0.497 e. The lowest BCUT2D eigenvalue weighted by molar-refractivity contribution is -0.114. The zero-order valence-corrected chi connectivity index (χ0v) is 15.7.